The molecule has 0 unspecified atom stereocenters. The van der Waals surface area contributed by atoms with Crippen molar-refractivity contribution in [2.75, 3.05) is 0 Å². The lowest BCUT2D eigenvalue weighted by atomic mass is 9.99. The third-order valence-electron chi connectivity index (χ3n) is 8.50. The van der Waals surface area contributed by atoms with Crippen molar-refractivity contribution in [3.63, 3.8) is 0 Å². The van der Waals surface area contributed by atoms with Crippen LogP contribution in [0.3, 0.4) is 0 Å². The van der Waals surface area contributed by atoms with Gasteiger partial charge in [0, 0.05) is 32.3 Å². The minimum absolute atomic E-state index is 0.647. The molecule has 46 heavy (non-hydrogen) atoms. The number of benzene rings is 6. The van der Waals surface area contributed by atoms with Crippen molar-refractivity contribution in [2.24, 2.45) is 0 Å². The molecule has 0 saturated heterocycles. The number of rotatable bonds is 5. The third kappa shape index (κ3) is 4.48. The normalized spacial score (nSPS) is 11.5. The summed E-state index contributed by atoms with van der Waals surface area (Å²) in [6.07, 6.45) is 0. The van der Waals surface area contributed by atoms with Crippen LogP contribution >= 0.6 is 11.3 Å². The van der Waals surface area contributed by atoms with E-state index in [9.17, 15) is 0 Å². The molecule has 3 heterocycles. The van der Waals surface area contributed by atoms with E-state index in [-0.39, 0.29) is 0 Å². The lowest BCUT2D eigenvalue weighted by Gasteiger charge is -2.12. The van der Waals surface area contributed by atoms with Crippen LogP contribution in [0.1, 0.15) is 0 Å². The average molecular weight is 607 g/mol. The third-order valence-corrected chi connectivity index (χ3v) is 9.61. The van der Waals surface area contributed by atoms with Gasteiger partial charge in [0.1, 0.15) is 0 Å². The molecule has 6 aromatic carbocycles. The Morgan fingerprint density at radius 3 is 1.76 bits per heavy atom. The molecule has 0 radical (unpaired) electrons. The van der Waals surface area contributed by atoms with Crippen molar-refractivity contribution in [3.8, 4) is 50.3 Å². The van der Waals surface area contributed by atoms with Crippen LogP contribution in [0, 0.1) is 0 Å². The maximum Gasteiger partial charge on any atom is 0.174 e. The molecule has 0 aliphatic heterocycles. The lowest BCUT2D eigenvalue weighted by molar-refractivity contribution is 1.08. The number of aromatic nitrogens is 4. The van der Waals surface area contributed by atoms with Crippen LogP contribution in [0.15, 0.2) is 158 Å². The first-order valence-electron chi connectivity index (χ1n) is 15.3. The zero-order chi connectivity index (χ0) is 30.5. The highest BCUT2D eigenvalue weighted by Gasteiger charge is 2.17. The van der Waals surface area contributed by atoms with E-state index in [1.807, 2.05) is 12.1 Å². The number of thiophene rings is 1. The van der Waals surface area contributed by atoms with Crippen LogP contribution in [-0.4, -0.2) is 19.5 Å². The summed E-state index contributed by atoms with van der Waals surface area (Å²) in [6, 6.07) is 55.1. The molecule has 9 aromatic rings. The van der Waals surface area contributed by atoms with Crippen LogP contribution in [-0.2, 0) is 0 Å². The Balaban J connectivity index is 1.21. The largest absolute Gasteiger partial charge is 0.309 e. The molecule has 9 rings (SSSR count). The van der Waals surface area contributed by atoms with Crippen molar-refractivity contribution in [1.29, 1.82) is 0 Å². The van der Waals surface area contributed by atoms with E-state index >= 15 is 0 Å². The Hall–Kier alpha value is -5.91. The van der Waals surface area contributed by atoms with Gasteiger partial charge in [-0.3, -0.25) is 0 Å². The first-order valence-corrected chi connectivity index (χ1v) is 16.1. The van der Waals surface area contributed by atoms with Crippen molar-refractivity contribution < 1.29 is 0 Å². The second-order valence-corrected chi connectivity index (χ2v) is 12.4. The molecule has 0 fully saturated rings. The number of fused-ring (bicyclic) bond motifs is 4. The Kier molecular flexibility index (Phi) is 6.28. The average Bonchev–Trinajstić information content (AvgIpc) is 3.72. The van der Waals surface area contributed by atoms with E-state index in [1.54, 1.807) is 11.3 Å². The van der Waals surface area contributed by atoms with Gasteiger partial charge in [0.05, 0.1) is 15.9 Å². The van der Waals surface area contributed by atoms with E-state index < -0.39 is 0 Å². The second-order valence-electron chi connectivity index (χ2n) is 11.3. The van der Waals surface area contributed by atoms with Gasteiger partial charge in [0.15, 0.2) is 17.5 Å². The van der Waals surface area contributed by atoms with E-state index in [1.165, 1.54) is 31.9 Å². The number of para-hydroxylation sites is 2. The SMILES string of the molecule is c1ccc(-c2ccccc2-c2nc(-c3ccc(-n4c5ccccc5c5ccccc54)cc3)nc(-c3cc4ccccc4s3)n2)cc1. The summed E-state index contributed by atoms with van der Waals surface area (Å²) in [7, 11) is 0. The molecule has 0 spiro atoms. The smallest absolute Gasteiger partial charge is 0.174 e. The van der Waals surface area contributed by atoms with Crippen LogP contribution < -0.4 is 0 Å². The quantitative estimate of drug-likeness (QED) is 0.196. The fourth-order valence-electron chi connectivity index (χ4n) is 6.34. The van der Waals surface area contributed by atoms with Crippen molar-refractivity contribution in [2.45, 2.75) is 0 Å². The first kappa shape index (κ1) is 26.5. The zero-order valence-corrected chi connectivity index (χ0v) is 25.5. The number of hydrogen-bond donors (Lipinski definition) is 0. The monoisotopic (exact) mass is 606 g/mol. The van der Waals surface area contributed by atoms with Gasteiger partial charge in [0.2, 0.25) is 0 Å². The van der Waals surface area contributed by atoms with Crippen molar-refractivity contribution in [1.82, 2.24) is 19.5 Å². The second kappa shape index (κ2) is 10.9. The maximum atomic E-state index is 5.11. The fraction of sp³-hybridized carbons (Fsp3) is 0. The fourth-order valence-corrected chi connectivity index (χ4v) is 7.33. The Morgan fingerprint density at radius 1 is 0.435 bits per heavy atom. The summed E-state index contributed by atoms with van der Waals surface area (Å²) in [6.45, 7) is 0. The molecule has 0 N–H and O–H groups in total. The van der Waals surface area contributed by atoms with Gasteiger partial charge in [0.25, 0.3) is 0 Å². The first-order chi connectivity index (χ1) is 22.8. The van der Waals surface area contributed by atoms with Crippen LogP contribution in [0.4, 0.5) is 0 Å². The van der Waals surface area contributed by atoms with E-state index in [0.717, 1.165) is 32.8 Å². The molecule has 3 aromatic heterocycles. The zero-order valence-electron chi connectivity index (χ0n) is 24.7. The van der Waals surface area contributed by atoms with Gasteiger partial charge in [-0.15, -0.1) is 11.3 Å². The molecule has 0 saturated carbocycles. The molecule has 216 valence electrons. The summed E-state index contributed by atoms with van der Waals surface area (Å²) < 4.78 is 3.53. The summed E-state index contributed by atoms with van der Waals surface area (Å²) in [5.74, 6) is 1.98. The van der Waals surface area contributed by atoms with Gasteiger partial charge < -0.3 is 4.57 Å². The van der Waals surface area contributed by atoms with Gasteiger partial charge in [-0.05, 0) is 65.0 Å². The molecule has 0 aliphatic carbocycles. The highest BCUT2D eigenvalue weighted by molar-refractivity contribution is 7.22. The van der Waals surface area contributed by atoms with Crippen LogP contribution in [0.25, 0.3) is 82.2 Å². The molecule has 5 heteroatoms. The summed E-state index contributed by atoms with van der Waals surface area (Å²) >= 11 is 1.71. The van der Waals surface area contributed by atoms with E-state index in [0.29, 0.717) is 17.5 Å². The lowest BCUT2D eigenvalue weighted by Crippen LogP contribution is -2.01. The Labute approximate surface area is 269 Å². The summed E-state index contributed by atoms with van der Waals surface area (Å²) in [4.78, 5) is 16.3. The van der Waals surface area contributed by atoms with Crippen LogP contribution in [0.5, 0.6) is 0 Å². The molecule has 0 bridgehead atoms. The molecule has 0 atom stereocenters. The van der Waals surface area contributed by atoms with Crippen LogP contribution in [0.2, 0.25) is 0 Å². The summed E-state index contributed by atoms with van der Waals surface area (Å²) in [5, 5.41) is 3.68. The molecular formula is C41H26N4S. The highest BCUT2D eigenvalue weighted by Crippen LogP contribution is 2.36. The van der Waals surface area contributed by atoms with Gasteiger partial charge in [-0.25, -0.2) is 15.0 Å². The molecule has 0 aliphatic rings. The molecular weight excluding hydrogens is 581 g/mol. The highest BCUT2D eigenvalue weighted by atomic mass is 32.1. The van der Waals surface area contributed by atoms with Gasteiger partial charge in [-0.2, -0.15) is 0 Å². The predicted octanol–water partition coefficient (Wildman–Crippen LogP) is 10.9. The number of nitrogens with zero attached hydrogens (tertiary/aromatic N) is 4. The van der Waals surface area contributed by atoms with Gasteiger partial charge in [-0.1, -0.05) is 109 Å². The standard InChI is InChI=1S/C41H26N4S/c1-2-12-27(13-3-1)31-15-5-6-18-34(31)40-42-39(43-41(44-40)38-26-29-14-4-11-21-37(29)46-38)28-22-24-30(25-23-28)45-35-19-9-7-16-32(35)33-17-8-10-20-36(33)45/h1-26H. The van der Waals surface area contributed by atoms with Gasteiger partial charge >= 0.3 is 0 Å². The maximum absolute atomic E-state index is 5.11. The molecule has 0 amide bonds. The minimum Gasteiger partial charge on any atom is -0.309 e. The Bertz CT molecular complexity index is 2440. The van der Waals surface area contributed by atoms with E-state index in [4.69, 9.17) is 15.0 Å². The predicted molar refractivity (Wildman–Crippen MR) is 191 cm³/mol. The van der Waals surface area contributed by atoms with E-state index in [2.05, 4.69) is 150 Å². The topological polar surface area (TPSA) is 43.6 Å². The van der Waals surface area contributed by atoms with Crippen molar-refractivity contribution in [3.05, 3.63) is 158 Å². The molecule has 4 nitrogen and oxygen atoms in total. The van der Waals surface area contributed by atoms with Crippen molar-refractivity contribution >= 4 is 43.2 Å². The minimum atomic E-state index is 0.647. The summed E-state index contributed by atoms with van der Waals surface area (Å²) in [5.41, 5.74) is 7.58. The number of hydrogen-bond acceptors (Lipinski definition) is 4. The Morgan fingerprint density at radius 2 is 1.02 bits per heavy atom.